The number of rotatable bonds is 5. The van der Waals surface area contributed by atoms with Crippen molar-refractivity contribution in [2.24, 2.45) is 0 Å². The Morgan fingerprint density at radius 2 is 1.41 bits per heavy atom. The Morgan fingerprint density at radius 1 is 0.828 bits per heavy atom. The fourth-order valence-electron chi connectivity index (χ4n) is 3.41. The smallest absolute Gasteiger partial charge is 0.196 e. The predicted octanol–water partition coefficient (Wildman–Crippen LogP) is 3.79. The second kappa shape index (κ2) is 7.24. The third-order valence-corrected chi connectivity index (χ3v) is 4.81. The maximum absolute atomic E-state index is 13.1. The average Bonchev–Trinajstić information content (AvgIpc) is 2.72. The van der Waals surface area contributed by atoms with Gasteiger partial charge < -0.3 is 16.4 Å². The summed E-state index contributed by atoms with van der Waals surface area (Å²) < 4.78 is 0. The minimum absolute atomic E-state index is 0.0455. The highest BCUT2D eigenvalue weighted by atomic mass is 16.1. The molecule has 144 valence electrons. The summed E-state index contributed by atoms with van der Waals surface area (Å²) in [7, 11) is 0. The molecule has 0 saturated heterocycles. The van der Waals surface area contributed by atoms with E-state index in [0.29, 0.717) is 16.8 Å². The van der Waals surface area contributed by atoms with E-state index in [1.807, 2.05) is 24.3 Å². The summed E-state index contributed by atoms with van der Waals surface area (Å²) >= 11 is 0. The second-order valence-electron chi connectivity index (χ2n) is 6.91. The van der Waals surface area contributed by atoms with E-state index < -0.39 is 0 Å². The van der Waals surface area contributed by atoms with Gasteiger partial charge >= 0.3 is 0 Å². The molecule has 3 aromatic carbocycles. The number of hydrogen-bond acceptors (Lipinski definition) is 6. The number of Topliss-reactive ketones (excluding diaryl/α,β-unsaturated/α-hetero) is 1. The highest BCUT2D eigenvalue weighted by molar-refractivity contribution is 6.31. The molecule has 0 atom stereocenters. The summed E-state index contributed by atoms with van der Waals surface area (Å²) in [5, 5.41) is 6.23. The van der Waals surface area contributed by atoms with Crippen LogP contribution < -0.4 is 16.4 Å². The standard InChI is InChI=1S/C23H19N3O3/c1-13(27)12-25-14-6-8-15(9-7-14)26-19-11-10-18(24)20-21(19)23(29)17-5-3-2-4-16(17)22(20)28/h2-11,25-26H,12,24H2,1H3. The van der Waals surface area contributed by atoms with Crippen molar-refractivity contribution >= 4 is 40.1 Å². The lowest BCUT2D eigenvalue weighted by Crippen LogP contribution is -2.23. The average molecular weight is 385 g/mol. The van der Waals surface area contributed by atoms with Gasteiger partial charge in [0.15, 0.2) is 11.6 Å². The van der Waals surface area contributed by atoms with Crippen molar-refractivity contribution in [3.8, 4) is 0 Å². The first kappa shape index (κ1) is 18.4. The Morgan fingerprint density at radius 3 is 2.03 bits per heavy atom. The number of nitrogens with one attached hydrogen (secondary N) is 2. The first-order chi connectivity index (χ1) is 14.0. The van der Waals surface area contributed by atoms with Gasteiger partial charge in [0, 0.05) is 28.2 Å². The quantitative estimate of drug-likeness (QED) is 0.452. The van der Waals surface area contributed by atoms with Gasteiger partial charge in [0.05, 0.1) is 23.4 Å². The molecular weight excluding hydrogens is 366 g/mol. The van der Waals surface area contributed by atoms with Crippen LogP contribution in [-0.4, -0.2) is 23.9 Å². The molecule has 3 aromatic rings. The van der Waals surface area contributed by atoms with Crippen LogP contribution in [0, 0.1) is 0 Å². The number of fused-ring (bicyclic) bond motifs is 2. The molecule has 4 N–H and O–H groups in total. The van der Waals surface area contributed by atoms with Gasteiger partial charge in [-0.05, 0) is 43.3 Å². The summed E-state index contributed by atoms with van der Waals surface area (Å²) in [5.41, 5.74) is 9.67. The molecule has 1 aliphatic carbocycles. The van der Waals surface area contributed by atoms with Crippen molar-refractivity contribution < 1.29 is 14.4 Å². The van der Waals surface area contributed by atoms with Crippen molar-refractivity contribution in [3.05, 3.63) is 82.9 Å². The number of ketones is 3. The molecule has 29 heavy (non-hydrogen) atoms. The van der Waals surface area contributed by atoms with E-state index in [-0.39, 0.29) is 40.7 Å². The molecule has 0 fully saturated rings. The molecule has 4 rings (SSSR count). The van der Waals surface area contributed by atoms with Crippen LogP contribution in [-0.2, 0) is 4.79 Å². The van der Waals surface area contributed by atoms with E-state index >= 15 is 0 Å². The number of hydrogen-bond donors (Lipinski definition) is 3. The van der Waals surface area contributed by atoms with Crippen LogP contribution in [0.3, 0.4) is 0 Å². The summed E-state index contributed by atoms with van der Waals surface area (Å²) in [6.45, 7) is 1.78. The fourth-order valence-corrected chi connectivity index (χ4v) is 3.41. The van der Waals surface area contributed by atoms with Gasteiger partial charge in [0.25, 0.3) is 0 Å². The zero-order valence-corrected chi connectivity index (χ0v) is 15.8. The Hall–Kier alpha value is -3.93. The van der Waals surface area contributed by atoms with Crippen LogP contribution in [0.4, 0.5) is 22.7 Å². The zero-order valence-electron chi connectivity index (χ0n) is 15.8. The van der Waals surface area contributed by atoms with Crippen LogP contribution in [0.1, 0.15) is 38.8 Å². The molecular formula is C23H19N3O3. The number of anilines is 4. The molecule has 0 saturated carbocycles. The summed E-state index contributed by atoms with van der Waals surface area (Å²) in [5.74, 6) is -0.436. The molecule has 0 spiro atoms. The third kappa shape index (κ3) is 3.36. The number of benzene rings is 3. The first-order valence-corrected chi connectivity index (χ1v) is 9.17. The topological polar surface area (TPSA) is 101 Å². The van der Waals surface area contributed by atoms with Gasteiger partial charge in [-0.2, -0.15) is 0 Å². The lowest BCUT2D eigenvalue weighted by molar-refractivity contribution is -0.115. The van der Waals surface area contributed by atoms with Crippen LogP contribution in [0.2, 0.25) is 0 Å². The van der Waals surface area contributed by atoms with Crippen LogP contribution in [0.25, 0.3) is 0 Å². The van der Waals surface area contributed by atoms with Gasteiger partial charge in [-0.3, -0.25) is 14.4 Å². The van der Waals surface area contributed by atoms with Crippen molar-refractivity contribution in [1.29, 1.82) is 0 Å². The lowest BCUT2D eigenvalue weighted by atomic mass is 9.82. The Balaban J connectivity index is 1.69. The number of nitrogens with two attached hydrogens (primary N) is 1. The molecule has 6 nitrogen and oxygen atoms in total. The molecule has 0 radical (unpaired) electrons. The van der Waals surface area contributed by atoms with Crippen LogP contribution >= 0.6 is 0 Å². The minimum Gasteiger partial charge on any atom is -0.398 e. The van der Waals surface area contributed by atoms with Gasteiger partial charge in [-0.25, -0.2) is 0 Å². The van der Waals surface area contributed by atoms with E-state index in [4.69, 9.17) is 5.73 Å². The molecule has 0 bridgehead atoms. The van der Waals surface area contributed by atoms with E-state index in [2.05, 4.69) is 10.6 Å². The highest BCUT2D eigenvalue weighted by Crippen LogP contribution is 2.36. The summed E-state index contributed by atoms with van der Waals surface area (Å²) in [6, 6.07) is 17.4. The lowest BCUT2D eigenvalue weighted by Gasteiger charge is -2.22. The zero-order chi connectivity index (χ0) is 20.5. The van der Waals surface area contributed by atoms with Crippen molar-refractivity contribution in [3.63, 3.8) is 0 Å². The largest absolute Gasteiger partial charge is 0.398 e. The van der Waals surface area contributed by atoms with E-state index in [1.54, 1.807) is 36.4 Å². The molecule has 1 aliphatic rings. The Kier molecular flexibility index (Phi) is 4.60. The van der Waals surface area contributed by atoms with Gasteiger partial charge in [-0.15, -0.1) is 0 Å². The highest BCUT2D eigenvalue weighted by Gasteiger charge is 2.33. The fraction of sp³-hybridized carbons (Fsp3) is 0.0870. The maximum atomic E-state index is 13.1. The van der Waals surface area contributed by atoms with E-state index in [1.165, 1.54) is 6.92 Å². The number of carbonyl (C=O) groups is 3. The first-order valence-electron chi connectivity index (χ1n) is 9.17. The molecule has 0 aliphatic heterocycles. The molecule has 6 heteroatoms. The van der Waals surface area contributed by atoms with Crippen LogP contribution in [0.5, 0.6) is 0 Å². The number of nitrogen functional groups attached to an aromatic ring is 1. The Bertz CT molecular complexity index is 1150. The second-order valence-corrected chi connectivity index (χ2v) is 6.91. The number of carbonyl (C=O) groups excluding carboxylic acids is 3. The molecule has 0 unspecified atom stereocenters. The Labute approximate surface area is 167 Å². The molecule has 0 heterocycles. The van der Waals surface area contributed by atoms with Gasteiger partial charge in [0.2, 0.25) is 0 Å². The summed E-state index contributed by atoms with van der Waals surface area (Å²) in [6.07, 6.45) is 0. The summed E-state index contributed by atoms with van der Waals surface area (Å²) in [4.78, 5) is 37.2. The van der Waals surface area contributed by atoms with Crippen molar-refractivity contribution in [2.45, 2.75) is 6.92 Å². The predicted molar refractivity (Wildman–Crippen MR) is 113 cm³/mol. The minimum atomic E-state index is -0.250. The molecule has 0 amide bonds. The van der Waals surface area contributed by atoms with Crippen molar-refractivity contribution in [1.82, 2.24) is 0 Å². The van der Waals surface area contributed by atoms with E-state index in [0.717, 1.165) is 11.4 Å². The normalized spacial score (nSPS) is 12.2. The van der Waals surface area contributed by atoms with Gasteiger partial charge in [0.1, 0.15) is 5.78 Å². The van der Waals surface area contributed by atoms with Crippen LogP contribution in [0.15, 0.2) is 60.7 Å². The van der Waals surface area contributed by atoms with Crippen molar-refractivity contribution in [2.75, 3.05) is 22.9 Å². The monoisotopic (exact) mass is 385 g/mol. The third-order valence-electron chi connectivity index (χ3n) is 4.81. The molecule has 0 aromatic heterocycles. The maximum Gasteiger partial charge on any atom is 0.196 e. The van der Waals surface area contributed by atoms with E-state index in [9.17, 15) is 14.4 Å². The SMILES string of the molecule is CC(=O)CNc1ccc(Nc2ccc(N)c3c2C(=O)c2ccccc2C3=O)cc1. The van der Waals surface area contributed by atoms with Gasteiger partial charge in [-0.1, -0.05) is 24.3 Å².